The number of hydrogen-bond acceptors (Lipinski definition) is 2. The van der Waals surface area contributed by atoms with Gasteiger partial charge >= 0.3 is 0 Å². The molecule has 0 aliphatic heterocycles. The predicted molar refractivity (Wildman–Crippen MR) is 56.8 cm³/mol. The minimum atomic E-state index is 0.794. The van der Waals surface area contributed by atoms with Crippen molar-refractivity contribution < 1.29 is 0 Å². The molecule has 1 aromatic heterocycles. The summed E-state index contributed by atoms with van der Waals surface area (Å²) in [5.41, 5.74) is 2.24. The van der Waals surface area contributed by atoms with Gasteiger partial charge in [0.05, 0.1) is 0 Å². The van der Waals surface area contributed by atoms with Crippen molar-refractivity contribution in [1.82, 2.24) is 9.97 Å². The van der Waals surface area contributed by atoms with Crippen LogP contribution < -0.4 is 0 Å². The third-order valence-corrected chi connectivity index (χ3v) is 2.15. The summed E-state index contributed by atoms with van der Waals surface area (Å²) in [5, 5.41) is 0. The van der Waals surface area contributed by atoms with Crippen LogP contribution in [0.4, 0.5) is 0 Å². The van der Waals surface area contributed by atoms with Crippen LogP contribution in [-0.2, 0) is 6.42 Å². The summed E-state index contributed by atoms with van der Waals surface area (Å²) < 4.78 is 0. The van der Waals surface area contributed by atoms with Gasteiger partial charge in [0.2, 0.25) is 0 Å². The summed E-state index contributed by atoms with van der Waals surface area (Å²) in [6.45, 7) is 2.10. The molecule has 2 heteroatoms. The molecule has 0 fully saturated rings. The first-order valence-corrected chi connectivity index (χ1v) is 4.76. The monoisotopic (exact) mass is 184 g/mol. The molecule has 1 heterocycles. The number of aryl methyl sites for hydroxylation is 1. The Hall–Kier alpha value is -1.70. The Balaban J connectivity index is 2.34. The van der Waals surface area contributed by atoms with Gasteiger partial charge in [0.15, 0.2) is 5.82 Å². The molecule has 0 saturated heterocycles. The van der Waals surface area contributed by atoms with E-state index in [2.05, 4.69) is 16.9 Å². The predicted octanol–water partition coefficient (Wildman–Crippen LogP) is 2.71. The van der Waals surface area contributed by atoms with Crippen molar-refractivity contribution >= 4 is 0 Å². The van der Waals surface area contributed by atoms with Crippen LogP contribution in [0.25, 0.3) is 11.4 Å². The summed E-state index contributed by atoms with van der Waals surface area (Å²) in [4.78, 5) is 8.62. The van der Waals surface area contributed by atoms with Gasteiger partial charge in [-0.2, -0.15) is 0 Å². The van der Waals surface area contributed by atoms with E-state index in [9.17, 15) is 0 Å². The zero-order valence-electron chi connectivity index (χ0n) is 8.14. The SMILES string of the molecule is CCc1cnc(-c2ccccc2)nc1. The molecule has 70 valence electrons. The first-order valence-electron chi connectivity index (χ1n) is 4.76. The highest BCUT2D eigenvalue weighted by atomic mass is 14.9. The molecule has 0 atom stereocenters. The largest absolute Gasteiger partial charge is 0.236 e. The summed E-state index contributed by atoms with van der Waals surface area (Å²) in [5.74, 6) is 0.794. The van der Waals surface area contributed by atoms with Crippen molar-refractivity contribution in [3.63, 3.8) is 0 Å². The van der Waals surface area contributed by atoms with Crippen LogP contribution in [-0.4, -0.2) is 9.97 Å². The number of benzene rings is 1. The van der Waals surface area contributed by atoms with Crippen molar-refractivity contribution in [3.8, 4) is 11.4 Å². The molecule has 1 aromatic carbocycles. The van der Waals surface area contributed by atoms with E-state index in [1.165, 1.54) is 5.56 Å². The van der Waals surface area contributed by atoms with Gasteiger partial charge in [-0.1, -0.05) is 37.3 Å². The van der Waals surface area contributed by atoms with Gasteiger partial charge < -0.3 is 0 Å². The van der Waals surface area contributed by atoms with Crippen molar-refractivity contribution in [2.75, 3.05) is 0 Å². The maximum absolute atomic E-state index is 4.31. The minimum absolute atomic E-state index is 0.794. The summed E-state index contributed by atoms with van der Waals surface area (Å²) in [6.07, 6.45) is 4.75. The molecule has 0 bridgehead atoms. The van der Waals surface area contributed by atoms with Gasteiger partial charge in [-0.15, -0.1) is 0 Å². The molecular weight excluding hydrogens is 172 g/mol. The van der Waals surface area contributed by atoms with E-state index in [4.69, 9.17) is 0 Å². The zero-order valence-corrected chi connectivity index (χ0v) is 8.14. The van der Waals surface area contributed by atoms with Crippen LogP contribution in [0.3, 0.4) is 0 Å². The summed E-state index contributed by atoms with van der Waals surface area (Å²) in [6, 6.07) is 10.0. The highest BCUT2D eigenvalue weighted by molar-refractivity contribution is 5.53. The van der Waals surface area contributed by atoms with Crippen LogP contribution in [0, 0.1) is 0 Å². The quantitative estimate of drug-likeness (QED) is 0.717. The topological polar surface area (TPSA) is 25.8 Å². The second-order valence-corrected chi connectivity index (χ2v) is 3.13. The smallest absolute Gasteiger partial charge is 0.159 e. The van der Waals surface area contributed by atoms with Gasteiger partial charge in [0.25, 0.3) is 0 Å². The highest BCUT2D eigenvalue weighted by Gasteiger charge is 1.98. The standard InChI is InChI=1S/C12H12N2/c1-2-10-8-13-12(14-9-10)11-6-4-3-5-7-11/h3-9H,2H2,1H3. The van der Waals surface area contributed by atoms with E-state index in [0.717, 1.165) is 17.8 Å². The minimum Gasteiger partial charge on any atom is -0.236 e. The molecule has 0 spiro atoms. The van der Waals surface area contributed by atoms with E-state index in [1.54, 1.807) is 0 Å². The van der Waals surface area contributed by atoms with E-state index >= 15 is 0 Å². The van der Waals surface area contributed by atoms with Gasteiger partial charge in [0.1, 0.15) is 0 Å². The second kappa shape index (κ2) is 4.01. The summed E-state index contributed by atoms with van der Waals surface area (Å²) >= 11 is 0. The number of hydrogen-bond donors (Lipinski definition) is 0. The molecule has 14 heavy (non-hydrogen) atoms. The molecule has 0 aliphatic rings. The van der Waals surface area contributed by atoms with Gasteiger partial charge in [-0.05, 0) is 12.0 Å². The van der Waals surface area contributed by atoms with E-state index < -0.39 is 0 Å². The molecule has 0 amide bonds. The zero-order chi connectivity index (χ0) is 9.80. The third kappa shape index (κ3) is 1.79. The molecule has 0 unspecified atom stereocenters. The molecule has 2 rings (SSSR count). The lowest BCUT2D eigenvalue weighted by atomic mass is 10.2. The lowest BCUT2D eigenvalue weighted by Crippen LogP contribution is -1.90. The van der Waals surface area contributed by atoms with E-state index in [1.807, 2.05) is 42.7 Å². The fourth-order valence-electron chi connectivity index (χ4n) is 1.27. The Kier molecular flexibility index (Phi) is 2.54. The Morgan fingerprint density at radius 2 is 1.64 bits per heavy atom. The molecule has 0 radical (unpaired) electrons. The van der Waals surface area contributed by atoms with Crippen LogP contribution in [0.5, 0.6) is 0 Å². The molecule has 2 aromatic rings. The van der Waals surface area contributed by atoms with Crippen molar-refractivity contribution in [1.29, 1.82) is 0 Å². The Bertz CT molecular complexity index is 392. The number of rotatable bonds is 2. The van der Waals surface area contributed by atoms with Gasteiger partial charge in [-0.3, -0.25) is 0 Å². The Morgan fingerprint density at radius 3 is 2.21 bits per heavy atom. The maximum atomic E-state index is 4.31. The normalized spacial score (nSPS) is 10.1. The van der Waals surface area contributed by atoms with Crippen LogP contribution in [0.15, 0.2) is 42.7 Å². The van der Waals surface area contributed by atoms with Crippen molar-refractivity contribution in [3.05, 3.63) is 48.3 Å². The lowest BCUT2D eigenvalue weighted by molar-refractivity contribution is 1.05. The number of aromatic nitrogens is 2. The lowest BCUT2D eigenvalue weighted by Gasteiger charge is -1.99. The Morgan fingerprint density at radius 1 is 1.00 bits per heavy atom. The second-order valence-electron chi connectivity index (χ2n) is 3.13. The highest BCUT2D eigenvalue weighted by Crippen LogP contribution is 2.12. The van der Waals surface area contributed by atoms with Gasteiger partial charge in [-0.25, -0.2) is 9.97 Å². The average Bonchev–Trinajstić information content (AvgIpc) is 2.30. The van der Waals surface area contributed by atoms with Crippen LogP contribution in [0.1, 0.15) is 12.5 Å². The summed E-state index contributed by atoms with van der Waals surface area (Å²) in [7, 11) is 0. The molecule has 2 nitrogen and oxygen atoms in total. The Labute approximate surface area is 83.7 Å². The fourth-order valence-corrected chi connectivity index (χ4v) is 1.27. The van der Waals surface area contributed by atoms with Gasteiger partial charge in [0, 0.05) is 18.0 Å². The molecule has 0 N–H and O–H groups in total. The first-order chi connectivity index (χ1) is 6.90. The fraction of sp³-hybridized carbons (Fsp3) is 0.167. The van der Waals surface area contributed by atoms with E-state index in [0.29, 0.717) is 0 Å². The van der Waals surface area contributed by atoms with Crippen molar-refractivity contribution in [2.45, 2.75) is 13.3 Å². The van der Waals surface area contributed by atoms with Crippen molar-refractivity contribution in [2.24, 2.45) is 0 Å². The molecule has 0 saturated carbocycles. The van der Waals surface area contributed by atoms with Crippen LogP contribution in [0.2, 0.25) is 0 Å². The van der Waals surface area contributed by atoms with E-state index in [-0.39, 0.29) is 0 Å². The average molecular weight is 184 g/mol. The molecular formula is C12H12N2. The maximum Gasteiger partial charge on any atom is 0.159 e. The first kappa shape index (κ1) is 8.88. The van der Waals surface area contributed by atoms with Crippen LogP contribution >= 0.6 is 0 Å². The molecule has 0 aliphatic carbocycles. The number of nitrogens with zero attached hydrogens (tertiary/aromatic N) is 2. The third-order valence-electron chi connectivity index (χ3n) is 2.15.